The van der Waals surface area contributed by atoms with Crippen LogP contribution in [0.3, 0.4) is 0 Å². The van der Waals surface area contributed by atoms with Crippen molar-refractivity contribution in [3.63, 3.8) is 0 Å². The van der Waals surface area contributed by atoms with E-state index in [9.17, 15) is 18.0 Å². The molecule has 0 radical (unpaired) electrons. The third kappa shape index (κ3) is 7.42. The van der Waals surface area contributed by atoms with Gasteiger partial charge in [-0.3, -0.25) is 0 Å². The van der Waals surface area contributed by atoms with Crippen LogP contribution in [-0.2, 0) is 10.9 Å². The van der Waals surface area contributed by atoms with Crippen LogP contribution in [0.4, 0.5) is 52.6 Å². The Balaban J connectivity index is 1.52. The topological polar surface area (TPSA) is 117 Å². The molecule has 11 nitrogen and oxygen atoms in total. The normalized spacial score (nSPS) is 15.3. The Bertz CT molecular complexity index is 1410. The Morgan fingerprint density at radius 3 is 2.50 bits per heavy atom. The van der Waals surface area contributed by atoms with Gasteiger partial charge in [0.05, 0.1) is 7.11 Å². The van der Waals surface area contributed by atoms with E-state index in [1.54, 1.807) is 48.3 Å². The molecule has 0 aliphatic carbocycles. The van der Waals surface area contributed by atoms with Gasteiger partial charge in [0.2, 0.25) is 11.8 Å². The minimum absolute atomic E-state index is 0.00169. The number of rotatable bonds is 8. The summed E-state index contributed by atoms with van der Waals surface area (Å²) in [5.41, 5.74) is -0.0941. The highest BCUT2D eigenvalue weighted by atomic mass is 19.4. The average Bonchev–Trinajstić information content (AvgIpc) is 3.42. The molecule has 1 amide bonds. The van der Waals surface area contributed by atoms with E-state index in [-0.39, 0.29) is 24.0 Å². The highest BCUT2D eigenvalue weighted by Crippen LogP contribution is 2.36. The van der Waals surface area contributed by atoms with Gasteiger partial charge < -0.3 is 35.2 Å². The lowest BCUT2D eigenvalue weighted by Gasteiger charge is -2.27. The van der Waals surface area contributed by atoms with Crippen molar-refractivity contribution >= 4 is 40.7 Å². The van der Waals surface area contributed by atoms with E-state index in [1.807, 2.05) is 32.7 Å². The van der Waals surface area contributed by atoms with Crippen molar-refractivity contribution in [2.45, 2.75) is 45.0 Å². The molecule has 4 rings (SSSR count). The molecule has 42 heavy (non-hydrogen) atoms. The third-order valence-electron chi connectivity index (χ3n) is 6.52. The van der Waals surface area contributed by atoms with Crippen molar-refractivity contribution in [2.24, 2.45) is 0 Å². The summed E-state index contributed by atoms with van der Waals surface area (Å²) in [5.74, 6) is 0.294. The van der Waals surface area contributed by atoms with Gasteiger partial charge in [-0.1, -0.05) is 6.07 Å². The van der Waals surface area contributed by atoms with E-state index in [4.69, 9.17) is 9.47 Å². The number of pyridine rings is 1. The summed E-state index contributed by atoms with van der Waals surface area (Å²) < 4.78 is 52.2. The number of hydrogen-bond donors (Lipinski definition) is 3. The Hall–Kier alpha value is -4.49. The number of alkyl halides is 3. The van der Waals surface area contributed by atoms with Crippen LogP contribution in [0, 0.1) is 0 Å². The molecule has 0 saturated carbocycles. The Morgan fingerprint density at radius 2 is 1.83 bits per heavy atom. The van der Waals surface area contributed by atoms with Crippen LogP contribution in [0.5, 0.6) is 5.88 Å². The highest BCUT2D eigenvalue weighted by molar-refractivity contribution is 5.69. The van der Waals surface area contributed by atoms with Crippen LogP contribution in [0.1, 0.15) is 32.8 Å². The van der Waals surface area contributed by atoms with Crippen molar-refractivity contribution < 1.29 is 27.4 Å². The van der Waals surface area contributed by atoms with Gasteiger partial charge in [0.25, 0.3) is 0 Å². The standard InChI is InChI=1S/C28H35F3N8O3/c1-27(2,3)42-26(40)39-13-12-19(16-39)38(5)22-11-10-21(24(36-22)41-6)35-25-33-15-20(28(29,30)31)23(37-25)34-18-9-7-8-17(14-18)32-4/h7-11,14-15,19,32H,12-13,16H2,1-6H3,(H2,33,34,35,37). The molecule has 226 valence electrons. The first kappa shape index (κ1) is 30.5. The number of hydrogen-bond acceptors (Lipinski definition) is 10. The molecule has 1 aliphatic heterocycles. The first-order valence-corrected chi connectivity index (χ1v) is 13.3. The first-order chi connectivity index (χ1) is 19.8. The third-order valence-corrected chi connectivity index (χ3v) is 6.52. The van der Waals surface area contributed by atoms with Crippen molar-refractivity contribution in [2.75, 3.05) is 55.1 Å². The number of benzene rings is 1. The van der Waals surface area contributed by atoms with Crippen molar-refractivity contribution in [1.29, 1.82) is 0 Å². The molecule has 3 heterocycles. The van der Waals surface area contributed by atoms with E-state index in [2.05, 4.69) is 30.9 Å². The summed E-state index contributed by atoms with van der Waals surface area (Å²) in [6, 6.07) is 10.2. The largest absolute Gasteiger partial charge is 0.479 e. The molecule has 0 bridgehead atoms. The number of ether oxygens (including phenoxy) is 2. The minimum Gasteiger partial charge on any atom is -0.479 e. The second-order valence-electron chi connectivity index (χ2n) is 10.7. The number of halogens is 3. The Labute approximate surface area is 242 Å². The van der Waals surface area contributed by atoms with Gasteiger partial charge in [-0.2, -0.15) is 23.1 Å². The summed E-state index contributed by atoms with van der Waals surface area (Å²) in [4.78, 5) is 28.7. The number of amides is 1. The van der Waals surface area contributed by atoms with Crippen molar-refractivity contribution in [1.82, 2.24) is 19.9 Å². The number of nitrogens with zero attached hydrogens (tertiary/aromatic N) is 5. The fourth-order valence-corrected chi connectivity index (χ4v) is 4.37. The van der Waals surface area contributed by atoms with Crippen LogP contribution in [0.15, 0.2) is 42.6 Å². The molecule has 1 saturated heterocycles. The average molecular weight is 589 g/mol. The maximum absolute atomic E-state index is 13.7. The number of likely N-dealkylation sites (N-methyl/N-ethyl adjacent to an activating group) is 1. The predicted octanol–water partition coefficient (Wildman–Crippen LogP) is 5.87. The summed E-state index contributed by atoms with van der Waals surface area (Å²) in [7, 11) is 5.02. The van der Waals surface area contributed by atoms with Gasteiger partial charge >= 0.3 is 12.3 Å². The van der Waals surface area contributed by atoms with Crippen molar-refractivity contribution in [3.8, 4) is 5.88 Å². The first-order valence-electron chi connectivity index (χ1n) is 13.3. The number of methoxy groups -OCH3 is 1. The second kappa shape index (κ2) is 12.2. The lowest BCUT2D eigenvalue weighted by Crippen LogP contribution is -2.39. The predicted molar refractivity (Wildman–Crippen MR) is 155 cm³/mol. The fraction of sp³-hybridized carbons (Fsp3) is 0.429. The fourth-order valence-electron chi connectivity index (χ4n) is 4.37. The lowest BCUT2D eigenvalue weighted by atomic mass is 10.2. The van der Waals surface area contributed by atoms with E-state index >= 15 is 0 Å². The van der Waals surface area contributed by atoms with Crippen LogP contribution in [0.2, 0.25) is 0 Å². The molecule has 14 heteroatoms. The lowest BCUT2D eigenvalue weighted by molar-refractivity contribution is -0.137. The molecule has 1 fully saturated rings. The quantitative estimate of drug-likeness (QED) is 0.295. The number of anilines is 6. The maximum Gasteiger partial charge on any atom is 0.421 e. The van der Waals surface area contributed by atoms with E-state index in [0.717, 1.165) is 18.3 Å². The zero-order valence-electron chi connectivity index (χ0n) is 24.3. The summed E-state index contributed by atoms with van der Waals surface area (Å²) in [6.07, 6.45) is -3.58. The van der Waals surface area contributed by atoms with Crippen LogP contribution < -0.4 is 25.6 Å². The summed E-state index contributed by atoms with van der Waals surface area (Å²) >= 11 is 0. The number of carbonyl (C=O) groups is 1. The van der Waals surface area contributed by atoms with Gasteiger partial charge in [-0.05, 0) is 57.5 Å². The monoisotopic (exact) mass is 588 g/mol. The number of carbonyl (C=O) groups excluding carboxylic acids is 1. The zero-order chi connectivity index (χ0) is 30.7. The minimum atomic E-state index is -4.67. The van der Waals surface area contributed by atoms with Gasteiger partial charge in [0, 0.05) is 50.8 Å². The van der Waals surface area contributed by atoms with Gasteiger partial charge in [-0.25, -0.2) is 9.78 Å². The maximum atomic E-state index is 13.7. The highest BCUT2D eigenvalue weighted by Gasteiger charge is 2.36. The molecule has 1 aromatic carbocycles. The number of likely N-dealkylation sites (tertiary alicyclic amines) is 1. The second-order valence-corrected chi connectivity index (χ2v) is 10.7. The van der Waals surface area contributed by atoms with Crippen LogP contribution in [0.25, 0.3) is 0 Å². The summed E-state index contributed by atoms with van der Waals surface area (Å²) in [6.45, 7) is 6.51. The SMILES string of the molecule is CNc1cccc(Nc2nc(Nc3ccc(N(C)C4CCN(C(=O)OC(C)(C)C)C4)nc3OC)ncc2C(F)(F)F)c1. The zero-order valence-corrected chi connectivity index (χ0v) is 24.3. The molecule has 3 N–H and O–H groups in total. The molecule has 1 atom stereocenters. The molecule has 3 aromatic rings. The van der Waals surface area contributed by atoms with E-state index in [1.165, 1.54) is 7.11 Å². The van der Waals surface area contributed by atoms with Crippen molar-refractivity contribution in [3.05, 3.63) is 48.2 Å². The molecule has 0 spiro atoms. The molecule has 2 aromatic heterocycles. The number of nitrogens with one attached hydrogen (secondary N) is 3. The molecule has 1 unspecified atom stereocenters. The van der Waals surface area contributed by atoms with Gasteiger partial charge in [-0.15, -0.1) is 0 Å². The van der Waals surface area contributed by atoms with E-state index in [0.29, 0.717) is 30.3 Å². The number of aromatic nitrogens is 3. The molecule has 1 aliphatic rings. The molecular formula is C28H35F3N8O3. The van der Waals surface area contributed by atoms with Gasteiger partial charge in [0.15, 0.2) is 0 Å². The Kier molecular flexibility index (Phi) is 8.83. The van der Waals surface area contributed by atoms with Crippen LogP contribution in [-0.4, -0.2) is 71.9 Å². The smallest absolute Gasteiger partial charge is 0.421 e. The molecular weight excluding hydrogens is 553 g/mol. The van der Waals surface area contributed by atoms with E-state index < -0.39 is 23.2 Å². The van der Waals surface area contributed by atoms with Gasteiger partial charge in [0.1, 0.15) is 28.5 Å². The van der Waals surface area contributed by atoms with Crippen LogP contribution >= 0.6 is 0 Å². The Morgan fingerprint density at radius 1 is 1.10 bits per heavy atom. The summed E-state index contributed by atoms with van der Waals surface area (Å²) in [5, 5.41) is 8.60.